The van der Waals surface area contributed by atoms with Crippen LogP contribution in [0.5, 0.6) is 0 Å². The van der Waals surface area contributed by atoms with Crippen LogP contribution in [0, 0.1) is 5.82 Å². The van der Waals surface area contributed by atoms with Gasteiger partial charge in [-0.05, 0) is 42.0 Å². The summed E-state index contributed by atoms with van der Waals surface area (Å²) in [5, 5.41) is 6.06. The lowest BCUT2D eigenvalue weighted by molar-refractivity contribution is -0.117. The van der Waals surface area contributed by atoms with Gasteiger partial charge in [0.1, 0.15) is 11.9 Å². The number of amides is 1. The lowest BCUT2D eigenvalue weighted by Gasteiger charge is -2.20. The lowest BCUT2D eigenvalue weighted by atomic mass is 10.1. The van der Waals surface area contributed by atoms with Crippen LogP contribution in [0.15, 0.2) is 84.9 Å². The molecule has 0 radical (unpaired) electrons. The number of hydrogen-bond donors (Lipinski definition) is 2. The fourth-order valence-corrected chi connectivity index (χ4v) is 2.39. The summed E-state index contributed by atoms with van der Waals surface area (Å²) in [6.07, 6.45) is 0. The van der Waals surface area contributed by atoms with E-state index in [1.807, 2.05) is 60.7 Å². The molecule has 4 heteroatoms. The Morgan fingerprint density at radius 2 is 1.33 bits per heavy atom. The molecule has 0 heterocycles. The maximum absolute atomic E-state index is 13.0. The van der Waals surface area contributed by atoms with E-state index >= 15 is 0 Å². The van der Waals surface area contributed by atoms with Gasteiger partial charge in [-0.2, -0.15) is 0 Å². The molecule has 2 N–H and O–H groups in total. The summed E-state index contributed by atoms with van der Waals surface area (Å²) < 4.78 is 13.0. The molecule has 24 heavy (non-hydrogen) atoms. The predicted octanol–water partition coefficient (Wildman–Crippen LogP) is 4.62. The Hall–Kier alpha value is -3.14. The van der Waals surface area contributed by atoms with Crippen LogP contribution in [0.1, 0.15) is 11.6 Å². The maximum Gasteiger partial charge on any atom is 0.251 e. The largest absolute Gasteiger partial charge is 0.370 e. The SMILES string of the molecule is O=C(Nc1ccc(F)cc1)[C@H](Nc1ccccc1)c1ccccc1. The van der Waals surface area contributed by atoms with Gasteiger partial charge in [0, 0.05) is 11.4 Å². The summed E-state index contributed by atoms with van der Waals surface area (Å²) in [4.78, 5) is 12.7. The van der Waals surface area contributed by atoms with Gasteiger partial charge < -0.3 is 10.6 Å². The van der Waals surface area contributed by atoms with Crippen LogP contribution in [-0.2, 0) is 4.79 Å². The number of nitrogens with one attached hydrogen (secondary N) is 2. The normalized spacial score (nSPS) is 11.5. The second-order valence-electron chi connectivity index (χ2n) is 5.35. The number of halogens is 1. The summed E-state index contributed by atoms with van der Waals surface area (Å²) in [6.45, 7) is 0. The highest BCUT2D eigenvalue weighted by atomic mass is 19.1. The Morgan fingerprint density at radius 3 is 1.96 bits per heavy atom. The minimum Gasteiger partial charge on any atom is -0.370 e. The third-order valence-corrected chi connectivity index (χ3v) is 3.59. The second-order valence-corrected chi connectivity index (χ2v) is 5.35. The van der Waals surface area contributed by atoms with E-state index < -0.39 is 6.04 Å². The molecular weight excluding hydrogens is 303 g/mol. The number of carbonyl (C=O) groups is 1. The van der Waals surface area contributed by atoms with Gasteiger partial charge in [-0.3, -0.25) is 4.79 Å². The molecule has 3 aromatic rings. The van der Waals surface area contributed by atoms with E-state index in [-0.39, 0.29) is 11.7 Å². The quantitative estimate of drug-likeness (QED) is 0.720. The van der Waals surface area contributed by atoms with Gasteiger partial charge in [-0.25, -0.2) is 4.39 Å². The standard InChI is InChI=1S/C20H17FN2O/c21-16-11-13-18(14-12-16)23-20(24)19(15-7-3-1-4-8-15)22-17-9-5-2-6-10-17/h1-14,19,22H,(H,23,24)/t19-/m1/s1. The predicted molar refractivity (Wildman–Crippen MR) is 94.3 cm³/mol. The van der Waals surface area contributed by atoms with E-state index in [1.54, 1.807) is 0 Å². The van der Waals surface area contributed by atoms with Crippen molar-refractivity contribution in [1.82, 2.24) is 0 Å². The average Bonchev–Trinajstić information content (AvgIpc) is 2.63. The van der Waals surface area contributed by atoms with Crippen molar-refractivity contribution < 1.29 is 9.18 Å². The fraction of sp³-hybridized carbons (Fsp3) is 0.0500. The highest BCUT2D eigenvalue weighted by Gasteiger charge is 2.20. The summed E-state index contributed by atoms with van der Waals surface area (Å²) in [7, 11) is 0. The Morgan fingerprint density at radius 1 is 0.750 bits per heavy atom. The molecule has 0 unspecified atom stereocenters. The molecular formula is C20H17FN2O. The first-order chi connectivity index (χ1) is 11.7. The van der Waals surface area contributed by atoms with Crippen molar-refractivity contribution in [3.63, 3.8) is 0 Å². The minimum atomic E-state index is -0.557. The van der Waals surface area contributed by atoms with Crippen molar-refractivity contribution >= 4 is 17.3 Å². The number of para-hydroxylation sites is 1. The van der Waals surface area contributed by atoms with Gasteiger partial charge in [0.05, 0.1) is 0 Å². The summed E-state index contributed by atoms with van der Waals surface area (Å²) in [5.74, 6) is -0.549. The molecule has 1 amide bonds. The molecule has 1 atom stereocenters. The van der Waals surface area contributed by atoms with Gasteiger partial charge in [0.15, 0.2) is 0 Å². The smallest absolute Gasteiger partial charge is 0.251 e. The first kappa shape index (κ1) is 15.7. The zero-order valence-corrected chi connectivity index (χ0v) is 12.9. The van der Waals surface area contributed by atoms with Crippen molar-refractivity contribution in [1.29, 1.82) is 0 Å². The van der Waals surface area contributed by atoms with Gasteiger partial charge in [-0.1, -0.05) is 48.5 Å². The van der Waals surface area contributed by atoms with Gasteiger partial charge in [0.2, 0.25) is 0 Å². The molecule has 3 nitrogen and oxygen atoms in total. The van der Waals surface area contributed by atoms with Gasteiger partial charge in [0.25, 0.3) is 5.91 Å². The Labute approximate surface area is 140 Å². The monoisotopic (exact) mass is 320 g/mol. The van der Waals surface area contributed by atoms with E-state index in [4.69, 9.17) is 0 Å². The zero-order chi connectivity index (χ0) is 16.8. The number of hydrogen-bond acceptors (Lipinski definition) is 2. The van der Waals surface area contributed by atoms with E-state index in [0.29, 0.717) is 5.69 Å². The van der Waals surface area contributed by atoms with Gasteiger partial charge >= 0.3 is 0 Å². The number of benzene rings is 3. The van der Waals surface area contributed by atoms with Crippen molar-refractivity contribution in [2.45, 2.75) is 6.04 Å². The fourth-order valence-electron chi connectivity index (χ4n) is 2.39. The van der Waals surface area contributed by atoms with E-state index in [1.165, 1.54) is 24.3 Å². The molecule has 0 spiro atoms. The van der Waals surface area contributed by atoms with Crippen LogP contribution in [-0.4, -0.2) is 5.91 Å². The molecule has 0 bridgehead atoms. The Balaban J connectivity index is 1.83. The summed E-state index contributed by atoms with van der Waals surface area (Å²) >= 11 is 0. The zero-order valence-electron chi connectivity index (χ0n) is 12.9. The molecule has 0 aromatic heterocycles. The molecule has 0 aliphatic rings. The van der Waals surface area contributed by atoms with E-state index in [9.17, 15) is 9.18 Å². The third kappa shape index (κ3) is 3.98. The third-order valence-electron chi connectivity index (χ3n) is 3.59. The average molecular weight is 320 g/mol. The van der Waals surface area contributed by atoms with Crippen molar-refractivity contribution in [2.75, 3.05) is 10.6 Å². The molecule has 3 aromatic carbocycles. The maximum atomic E-state index is 13.0. The number of anilines is 2. The van der Waals surface area contributed by atoms with E-state index in [2.05, 4.69) is 10.6 Å². The summed E-state index contributed by atoms with van der Waals surface area (Å²) in [6, 6.07) is 24.2. The molecule has 0 aliphatic heterocycles. The van der Waals surface area contributed by atoms with E-state index in [0.717, 1.165) is 11.3 Å². The Bertz CT molecular complexity index is 789. The van der Waals surface area contributed by atoms with Crippen LogP contribution in [0.4, 0.5) is 15.8 Å². The summed E-state index contributed by atoms with van der Waals surface area (Å²) in [5.41, 5.74) is 2.25. The second kappa shape index (κ2) is 7.42. The lowest BCUT2D eigenvalue weighted by Crippen LogP contribution is -2.27. The van der Waals surface area contributed by atoms with Crippen LogP contribution < -0.4 is 10.6 Å². The molecule has 3 rings (SSSR count). The number of carbonyl (C=O) groups excluding carboxylic acids is 1. The molecule has 120 valence electrons. The van der Waals surface area contributed by atoms with Crippen molar-refractivity contribution in [3.05, 3.63) is 96.3 Å². The molecule has 0 saturated carbocycles. The highest BCUT2D eigenvalue weighted by molar-refractivity contribution is 5.97. The molecule has 0 fully saturated rings. The topological polar surface area (TPSA) is 41.1 Å². The van der Waals surface area contributed by atoms with Crippen LogP contribution in [0.3, 0.4) is 0 Å². The first-order valence-corrected chi connectivity index (χ1v) is 7.65. The number of rotatable bonds is 5. The van der Waals surface area contributed by atoms with Crippen molar-refractivity contribution in [2.24, 2.45) is 0 Å². The highest BCUT2D eigenvalue weighted by Crippen LogP contribution is 2.21. The van der Waals surface area contributed by atoms with Crippen LogP contribution in [0.25, 0.3) is 0 Å². The van der Waals surface area contributed by atoms with Crippen molar-refractivity contribution in [3.8, 4) is 0 Å². The van der Waals surface area contributed by atoms with Crippen LogP contribution in [0.2, 0.25) is 0 Å². The molecule has 0 saturated heterocycles. The van der Waals surface area contributed by atoms with Gasteiger partial charge in [-0.15, -0.1) is 0 Å². The Kier molecular flexibility index (Phi) is 4.87. The first-order valence-electron chi connectivity index (χ1n) is 7.65. The minimum absolute atomic E-state index is 0.211. The van der Waals surface area contributed by atoms with Crippen LogP contribution >= 0.6 is 0 Å². The molecule has 0 aliphatic carbocycles.